The number of piperidine rings is 1. The van der Waals surface area contributed by atoms with Crippen molar-refractivity contribution in [3.8, 4) is 0 Å². The fraction of sp³-hybridized carbons (Fsp3) is 0.500. The summed E-state index contributed by atoms with van der Waals surface area (Å²) in [5.74, 6) is -0.527. The van der Waals surface area contributed by atoms with E-state index in [4.69, 9.17) is 10.2 Å². The minimum absolute atomic E-state index is 0.129. The number of para-hydroxylation sites is 1. The van der Waals surface area contributed by atoms with Crippen molar-refractivity contribution >= 4 is 21.7 Å². The average molecular weight is 312 g/mol. The molecule has 0 amide bonds. The van der Waals surface area contributed by atoms with Crippen molar-refractivity contribution in [3.05, 3.63) is 24.3 Å². The van der Waals surface area contributed by atoms with Crippen molar-refractivity contribution in [2.75, 3.05) is 18.0 Å². The first-order valence-corrected chi connectivity index (χ1v) is 8.51. The van der Waals surface area contributed by atoms with Gasteiger partial charge < -0.3 is 10.0 Å². The van der Waals surface area contributed by atoms with E-state index in [-0.39, 0.29) is 17.2 Å². The van der Waals surface area contributed by atoms with E-state index in [2.05, 4.69) is 0 Å². The quantitative estimate of drug-likeness (QED) is 0.856. The molecular weight excluding hydrogens is 292 g/mol. The van der Waals surface area contributed by atoms with Gasteiger partial charge in [0.05, 0.1) is 5.69 Å². The molecule has 21 heavy (non-hydrogen) atoms. The van der Waals surface area contributed by atoms with E-state index in [9.17, 15) is 13.2 Å². The molecule has 1 atom stereocenters. The minimum atomic E-state index is -3.76. The van der Waals surface area contributed by atoms with Gasteiger partial charge in [0, 0.05) is 19.5 Å². The standard InChI is InChI=1S/C14H20N2O4S/c15-21(19,20)13-6-2-1-5-12(13)16-9-3-4-11(10-16)7-8-14(17)18/h1-2,5-6,11H,3-4,7-10H2,(H,17,18)(H2,15,19,20). The lowest BCUT2D eigenvalue weighted by atomic mass is 9.93. The van der Waals surface area contributed by atoms with Crippen LogP contribution in [0.3, 0.4) is 0 Å². The van der Waals surface area contributed by atoms with Gasteiger partial charge in [-0.25, -0.2) is 13.6 Å². The maximum atomic E-state index is 11.7. The highest BCUT2D eigenvalue weighted by atomic mass is 32.2. The molecule has 0 radical (unpaired) electrons. The molecule has 1 aromatic carbocycles. The number of benzene rings is 1. The number of aliphatic carboxylic acids is 1. The number of carboxylic acid groups (broad SMARTS) is 1. The van der Waals surface area contributed by atoms with Crippen LogP contribution in [0.1, 0.15) is 25.7 Å². The normalized spacial score (nSPS) is 19.5. The summed E-state index contributed by atoms with van der Waals surface area (Å²) in [5, 5.41) is 14.0. The van der Waals surface area contributed by atoms with Gasteiger partial charge in [0.15, 0.2) is 0 Å². The van der Waals surface area contributed by atoms with E-state index in [1.807, 2.05) is 4.90 Å². The van der Waals surface area contributed by atoms with Crippen molar-refractivity contribution in [1.29, 1.82) is 0 Å². The van der Waals surface area contributed by atoms with E-state index in [0.717, 1.165) is 19.4 Å². The number of primary sulfonamides is 1. The van der Waals surface area contributed by atoms with Crippen LogP contribution in [0, 0.1) is 5.92 Å². The molecule has 7 heteroatoms. The summed E-state index contributed by atoms with van der Waals surface area (Å²) in [5.41, 5.74) is 0.611. The maximum absolute atomic E-state index is 11.7. The Morgan fingerprint density at radius 1 is 1.38 bits per heavy atom. The molecule has 1 aromatic rings. The number of rotatable bonds is 5. The monoisotopic (exact) mass is 312 g/mol. The average Bonchev–Trinajstić information content (AvgIpc) is 2.44. The van der Waals surface area contributed by atoms with Gasteiger partial charge >= 0.3 is 5.97 Å². The van der Waals surface area contributed by atoms with Gasteiger partial charge in [0.1, 0.15) is 4.90 Å². The van der Waals surface area contributed by atoms with Crippen molar-refractivity contribution in [1.82, 2.24) is 0 Å². The fourth-order valence-corrected chi connectivity index (χ4v) is 3.56. The number of nitrogens with zero attached hydrogens (tertiary/aromatic N) is 1. The molecule has 0 spiro atoms. The van der Waals surface area contributed by atoms with Crippen LogP contribution in [0.5, 0.6) is 0 Å². The number of carbonyl (C=O) groups is 1. The summed E-state index contributed by atoms with van der Waals surface area (Å²) >= 11 is 0. The van der Waals surface area contributed by atoms with Gasteiger partial charge in [-0.1, -0.05) is 12.1 Å². The lowest BCUT2D eigenvalue weighted by Crippen LogP contribution is -2.36. The van der Waals surface area contributed by atoms with E-state index < -0.39 is 16.0 Å². The molecule has 0 saturated carbocycles. The molecule has 1 heterocycles. The second kappa shape index (κ2) is 6.44. The minimum Gasteiger partial charge on any atom is -0.481 e. The van der Waals surface area contributed by atoms with Crippen LogP contribution in [0.4, 0.5) is 5.69 Å². The van der Waals surface area contributed by atoms with E-state index in [1.54, 1.807) is 18.2 Å². The van der Waals surface area contributed by atoms with Crippen molar-refractivity contribution < 1.29 is 18.3 Å². The molecule has 2 rings (SSSR count). The lowest BCUT2D eigenvalue weighted by molar-refractivity contribution is -0.137. The number of nitrogens with two attached hydrogens (primary N) is 1. The zero-order valence-electron chi connectivity index (χ0n) is 11.7. The zero-order chi connectivity index (χ0) is 15.5. The molecule has 1 aliphatic heterocycles. The number of anilines is 1. The molecule has 0 bridgehead atoms. The third-order valence-corrected chi connectivity index (χ3v) is 4.76. The molecule has 3 N–H and O–H groups in total. The smallest absolute Gasteiger partial charge is 0.303 e. The van der Waals surface area contributed by atoms with Gasteiger partial charge in [-0.15, -0.1) is 0 Å². The van der Waals surface area contributed by atoms with Crippen molar-refractivity contribution in [3.63, 3.8) is 0 Å². The predicted octanol–water partition coefficient (Wildman–Crippen LogP) is 1.42. The molecule has 0 aromatic heterocycles. The first kappa shape index (κ1) is 15.8. The third kappa shape index (κ3) is 4.18. The SMILES string of the molecule is NS(=O)(=O)c1ccccc1N1CCCC(CCC(=O)O)C1. The van der Waals surface area contributed by atoms with Crippen LogP contribution in [0.2, 0.25) is 0 Å². The van der Waals surface area contributed by atoms with Crippen LogP contribution in [-0.4, -0.2) is 32.6 Å². The lowest BCUT2D eigenvalue weighted by Gasteiger charge is -2.35. The second-order valence-corrected chi connectivity index (χ2v) is 6.93. The van der Waals surface area contributed by atoms with Crippen LogP contribution in [-0.2, 0) is 14.8 Å². The highest BCUT2D eigenvalue weighted by Gasteiger charge is 2.24. The molecule has 1 fully saturated rings. The number of hydrogen-bond acceptors (Lipinski definition) is 4. The Labute approximate surface area is 124 Å². The van der Waals surface area contributed by atoms with Crippen LogP contribution in [0.25, 0.3) is 0 Å². The van der Waals surface area contributed by atoms with Crippen LogP contribution in [0.15, 0.2) is 29.2 Å². The fourth-order valence-electron chi connectivity index (χ4n) is 2.81. The summed E-state index contributed by atoms with van der Waals surface area (Å²) in [7, 11) is -3.76. The number of hydrogen-bond donors (Lipinski definition) is 2. The molecule has 116 valence electrons. The molecule has 1 aliphatic rings. The molecular formula is C14H20N2O4S. The highest BCUT2D eigenvalue weighted by Crippen LogP contribution is 2.30. The topological polar surface area (TPSA) is 101 Å². The third-order valence-electron chi connectivity index (χ3n) is 3.80. The number of sulfonamides is 1. The van der Waals surface area contributed by atoms with E-state index >= 15 is 0 Å². The Balaban J connectivity index is 2.17. The van der Waals surface area contributed by atoms with E-state index in [1.165, 1.54) is 6.07 Å². The predicted molar refractivity (Wildman–Crippen MR) is 79.6 cm³/mol. The zero-order valence-corrected chi connectivity index (χ0v) is 12.6. The largest absolute Gasteiger partial charge is 0.481 e. The van der Waals surface area contributed by atoms with Crippen LogP contribution < -0.4 is 10.0 Å². The summed E-state index contributed by atoms with van der Waals surface area (Å²) in [6.45, 7) is 1.43. The highest BCUT2D eigenvalue weighted by molar-refractivity contribution is 7.89. The van der Waals surface area contributed by atoms with Crippen molar-refractivity contribution in [2.24, 2.45) is 11.1 Å². The van der Waals surface area contributed by atoms with Gasteiger partial charge in [0.25, 0.3) is 0 Å². The Morgan fingerprint density at radius 3 is 2.76 bits per heavy atom. The summed E-state index contributed by atoms with van der Waals surface area (Å²) in [6, 6.07) is 6.69. The molecule has 6 nitrogen and oxygen atoms in total. The van der Waals surface area contributed by atoms with Gasteiger partial charge in [-0.3, -0.25) is 4.79 Å². The van der Waals surface area contributed by atoms with Gasteiger partial charge in [-0.05, 0) is 37.3 Å². The van der Waals surface area contributed by atoms with Gasteiger partial charge in [-0.2, -0.15) is 0 Å². The summed E-state index contributed by atoms with van der Waals surface area (Å²) in [6.07, 6.45) is 2.66. The first-order valence-electron chi connectivity index (χ1n) is 6.96. The maximum Gasteiger partial charge on any atom is 0.303 e. The van der Waals surface area contributed by atoms with Gasteiger partial charge in [0.2, 0.25) is 10.0 Å². The summed E-state index contributed by atoms with van der Waals surface area (Å²) < 4.78 is 23.3. The first-order chi connectivity index (χ1) is 9.88. The van der Waals surface area contributed by atoms with Crippen molar-refractivity contribution in [2.45, 2.75) is 30.6 Å². The summed E-state index contributed by atoms with van der Waals surface area (Å²) in [4.78, 5) is 12.8. The van der Waals surface area contributed by atoms with E-state index in [0.29, 0.717) is 18.7 Å². The Kier molecular flexibility index (Phi) is 4.84. The number of carboxylic acids is 1. The Morgan fingerprint density at radius 2 is 2.10 bits per heavy atom. The Bertz CT molecular complexity index is 615. The molecule has 1 saturated heterocycles. The molecule has 0 aliphatic carbocycles. The van der Waals surface area contributed by atoms with Crippen LogP contribution >= 0.6 is 0 Å². The molecule has 1 unspecified atom stereocenters. The Hall–Kier alpha value is -1.60. The second-order valence-electron chi connectivity index (χ2n) is 5.40.